The Morgan fingerprint density at radius 1 is 1.38 bits per heavy atom. The molecular weight excluding hydrogens is 272 g/mol. The predicted molar refractivity (Wildman–Crippen MR) is 77.5 cm³/mol. The second-order valence-corrected chi connectivity index (χ2v) is 5.29. The Morgan fingerprint density at radius 3 is 2.86 bits per heavy atom. The van der Waals surface area contributed by atoms with Crippen molar-refractivity contribution in [2.24, 2.45) is 5.92 Å². The van der Waals surface area contributed by atoms with Gasteiger partial charge in [-0.3, -0.25) is 0 Å². The van der Waals surface area contributed by atoms with Crippen LogP contribution in [0.3, 0.4) is 0 Å². The van der Waals surface area contributed by atoms with Crippen molar-refractivity contribution >= 4 is 12.0 Å². The lowest BCUT2D eigenvalue weighted by Gasteiger charge is -2.34. The zero-order valence-electron chi connectivity index (χ0n) is 12.5. The molecule has 0 unspecified atom stereocenters. The fourth-order valence-electron chi connectivity index (χ4n) is 2.77. The van der Waals surface area contributed by atoms with Gasteiger partial charge in [-0.25, -0.2) is 9.59 Å². The first kappa shape index (κ1) is 15.6. The number of carbonyl (C=O) groups is 2. The third-order valence-electron chi connectivity index (χ3n) is 3.82. The van der Waals surface area contributed by atoms with Crippen LogP contribution in [0.2, 0.25) is 0 Å². The van der Waals surface area contributed by atoms with Gasteiger partial charge in [-0.1, -0.05) is 12.2 Å². The van der Waals surface area contributed by atoms with Crippen LogP contribution in [0, 0.1) is 5.92 Å². The van der Waals surface area contributed by atoms with Crippen LogP contribution in [0.5, 0.6) is 0 Å². The quantitative estimate of drug-likeness (QED) is 0.457. The van der Waals surface area contributed by atoms with Crippen molar-refractivity contribution in [2.45, 2.75) is 32.2 Å². The van der Waals surface area contributed by atoms with Crippen LogP contribution in [-0.4, -0.2) is 38.4 Å². The summed E-state index contributed by atoms with van der Waals surface area (Å²) in [4.78, 5) is 24.0. The van der Waals surface area contributed by atoms with Crippen molar-refractivity contribution in [3.63, 3.8) is 0 Å². The van der Waals surface area contributed by atoms with E-state index < -0.39 is 5.97 Å². The summed E-state index contributed by atoms with van der Waals surface area (Å²) < 4.78 is 10.1. The molecule has 1 aliphatic heterocycles. The normalized spacial score (nSPS) is 25.3. The molecule has 0 fully saturated rings. The van der Waals surface area contributed by atoms with Crippen molar-refractivity contribution < 1.29 is 19.1 Å². The summed E-state index contributed by atoms with van der Waals surface area (Å²) in [5.41, 5.74) is 1.09. The van der Waals surface area contributed by atoms with E-state index in [1.54, 1.807) is 14.0 Å². The van der Waals surface area contributed by atoms with Crippen LogP contribution in [0.25, 0.3) is 0 Å². The Morgan fingerprint density at radius 2 is 2.19 bits per heavy atom. The first-order valence-corrected chi connectivity index (χ1v) is 7.22. The largest absolute Gasteiger partial charge is 0.460 e. The second-order valence-electron chi connectivity index (χ2n) is 5.29. The highest BCUT2D eigenvalue weighted by Gasteiger charge is 2.36. The number of hydrogen-bond acceptors (Lipinski definition) is 4. The van der Waals surface area contributed by atoms with Gasteiger partial charge in [0.1, 0.15) is 6.61 Å². The van der Waals surface area contributed by atoms with E-state index in [2.05, 4.69) is 22.8 Å². The van der Waals surface area contributed by atoms with Crippen molar-refractivity contribution in [2.75, 3.05) is 20.3 Å². The standard InChI is InChI=1S/C15H22N2O4/c1-10-12(14(18)21-9-8-20-2)13(17-15(19)16-10)11-6-4-3-5-7-11/h3-4,11,13H,5-9H2,1-2H3,(H2,16,17,19)/t11-,13+/m1/s1. The van der Waals surface area contributed by atoms with Gasteiger partial charge < -0.3 is 20.1 Å². The minimum absolute atomic E-state index is 0.206. The molecule has 0 bridgehead atoms. The van der Waals surface area contributed by atoms with E-state index in [0.717, 1.165) is 19.3 Å². The smallest absolute Gasteiger partial charge is 0.337 e. The number of rotatable bonds is 5. The van der Waals surface area contributed by atoms with E-state index in [4.69, 9.17) is 9.47 Å². The highest BCUT2D eigenvalue weighted by Crippen LogP contribution is 2.29. The number of urea groups is 1. The lowest BCUT2D eigenvalue weighted by molar-refractivity contribution is -0.141. The first-order chi connectivity index (χ1) is 10.1. The molecule has 21 heavy (non-hydrogen) atoms. The molecule has 1 aliphatic carbocycles. The maximum atomic E-state index is 12.3. The van der Waals surface area contributed by atoms with Gasteiger partial charge in [0.15, 0.2) is 0 Å². The van der Waals surface area contributed by atoms with Gasteiger partial charge in [-0.05, 0) is 32.1 Å². The Balaban J connectivity index is 2.15. The molecule has 0 radical (unpaired) electrons. The number of nitrogens with one attached hydrogen (secondary N) is 2. The minimum Gasteiger partial charge on any atom is -0.460 e. The average molecular weight is 294 g/mol. The summed E-state index contributed by atoms with van der Waals surface area (Å²) in [5, 5.41) is 5.51. The van der Waals surface area contributed by atoms with E-state index >= 15 is 0 Å². The molecule has 0 saturated heterocycles. The summed E-state index contributed by atoms with van der Waals surface area (Å²) in [6.45, 7) is 2.29. The summed E-state index contributed by atoms with van der Waals surface area (Å²) in [7, 11) is 1.55. The number of ether oxygens (including phenoxy) is 2. The molecule has 6 heteroatoms. The summed E-state index contributed by atoms with van der Waals surface area (Å²) >= 11 is 0. The van der Waals surface area contributed by atoms with E-state index in [-0.39, 0.29) is 24.6 Å². The van der Waals surface area contributed by atoms with E-state index in [1.807, 2.05) is 0 Å². The van der Waals surface area contributed by atoms with Crippen molar-refractivity contribution in [1.29, 1.82) is 0 Å². The third kappa shape index (κ3) is 3.85. The molecule has 0 aromatic heterocycles. The molecule has 0 aromatic carbocycles. The van der Waals surface area contributed by atoms with Crippen LogP contribution in [0.4, 0.5) is 4.79 Å². The molecule has 2 atom stereocenters. The van der Waals surface area contributed by atoms with Crippen LogP contribution in [0.15, 0.2) is 23.4 Å². The van der Waals surface area contributed by atoms with Gasteiger partial charge >= 0.3 is 12.0 Å². The monoisotopic (exact) mass is 294 g/mol. The Hall–Kier alpha value is -1.82. The van der Waals surface area contributed by atoms with Crippen LogP contribution in [-0.2, 0) is 14.3 Å². The van der Waals surface area contributed by atoms with Crippen LogP contribution < -0.4 is 10.6 Å². The number of esters is 1. The summed E-state index contributed by atoms with van der Waals surface area (Å²) in [5.74, 6) is -0.169. The number of carbonyl (C=O) groups excluding carboxylic acids is 2. The molecule has 2 rings (SSSR count). The number of hydrogen-bond donors (Lipinski definition) is 2. The van der Waals surface area contributed by atoms with Crippen molar-refractivity contribution in [3.05, 3.63) is 23.4 Å². The fourth-order valence-corrected chi connectivity index (χ4v) is 2.77. The molecule has 116 valence electrons. The number of methoxy groups -OCH3 is 1. The van der Waals surface area contributed by atoms with Gasteiger partial charge in [0.25, 0.3) is 0 Å². The van der Waals surface area contributed by atoms with E-state index in [9.17, 15) is 9.59 Å². The Kier molecular flexibility index (Phi) is 5.38. The first-order valence-electron chi connectivity index (χ1n) is 7.22. The average Bonchev–Trinajstić information content (AvgIpc) is 2.47. The predicted octanol–water partition coefficient (Wildman–Crippen LogP) is 1.49. The van der Waals surface area contributed by atoms with Crippen molar-refractivity contribution in [3.8, 4) is 0 Å². The lowest BCUT2D eigenvalue weighted by atomic mass is 9.82. The molecule has 0 aromatic rings. The van der Waals surface area contributed by atoms with Gasteiger partial charge in [-0.15, -0.1) is 0 Å². The van der Waals surface area contributed by atoms with Gasteiger partial charge in [0, 0.05) is 12.8 Å². The van der Waals surface area contributed by atoms with Crippen molar-refractivity contribution in [1.82, 2.24) is 10.6 Å². The van der Waals surface area contributed by atoms with Gasteiger partial charge in [0.05, 0.1) is 18.2 Å². The molecule has 2 amide bonds. The summed E-state index contributed by atoms with van der Waals surface area (Å²) in [6.07, 6.45) is 7.00. The zero-order chi connectivity index (χ0) is 15.2. The highest BCUT2D eigenvalue weighted by molar-refractivity contribution is 5.94. The van der Waals surface area contributed by atoms with Crippen LogP contribution in [0.1, 0.15) is 26.2 Å². The molecule has 0 spiro atoms. The highest BCUT2D eigenvalue weighted by atomic mass is 16.6. The fraction of sp³-hybridized carbons (Fsp3) is 0.600. The van der Waals surface area contributed by atoms with Gasteiger partial charge in [-0.2, -0.15) is 0 Å². The second kappa shape index (κ2) is 7.26. The van der Waals surface area contributed by atoms with Gasteiger partial charge in [0.2, 0.25) is 0 Å². The van der Waals surface area contributed by atoms with Crippen LogP contribution >= 0.6 is 0 Å². The molecule has 2 aliphatic rings. The molecule has 6 nitrogen and oxygen atoms in total. The summed E-state index contributed by atoms with van der Waals surface area (Å²) in [6, 6.07) is -0.556. The molecule has 0 saturated carbocycles. The van der Waals surface area contributed by atoms with E-state index in [0.29, 0.717) is 17.9 Å². The Labute approximate surface area is 124 Å². The molecule has 1 heterocycles. The molecule has 2 N–H and O–H groups in total. The topological polar surface area (TPSA) is 76.7 Å². The maximum Gasteiger partial charge on any atom is 0.337 e. The molecular formula is C15H22N2O4. The number of amides is 2. The minimum atomic E-state index is -0.392. The third-order valence-corrected chi connectivity index (χ3v) is 3.82. The Bertz CT molecular complexity index is 470. The lowest BCUT2D eigenvalue weighted by Crippen LogP contribution is -2.53. The maximum absolute atomic E-state index is 12.3. The zero-order valence-corrected chi connectivity index (χ0v) is 12.5. The van der Waals surface area contributed by atoms with E-state index in [1.165, 1.54) is 0 Å². The number of allylic oxidation sites excluding steroid dienone is 3. The SMILES string of the molecule is COCCOC(=O)C1=C(C)NC(=O)N[C@H]1[C@@H]1CC=CCC1.